The van der Waals surface area contributed by atoms with Crippen molar-refractivity contribution in [2.24, 2.45) is 0 Å². The van der Waals surface area contributed by atoms with Gasteiger partial charge in [0.05, 0.1) is 11.5 Å². The maximum absolute atomic E-state index is 12.7. The van der Waals surface area contributed by atoms with E-state index >= 15 is 0 Å². The fourth-order valence-corrected chi connectivity index (χ4v) is 4.56. The summed E-state index contributed by atoms with van der Waals surface area (Å²) in [5, 5.41) is 9.69. The van der Waals surface area contributed by atoms with Gasteiger partial charge >= 0.3 is 5.97 Å². The molecule has 0 aromatic heterocycles. The number of ether oxygens (including phenoxy) is 1. The molecule has 3 aromatic rings. The lowest BCUT2D eigenvalue weighted by molar-refractivity contribution is -0.138. The van der Waals surface area contributed by atoms with Crippen LogP contribution in [0.15, 0.2) is 77.7 Å². The van der Waals surface area contributed by atoms with Crippen molar-refractivity contribution < 1.29 is 23.1 Å². The molecule has 0 fully saturated rings. The molecule has 0 heterocycles. The van der Waals surface area contributed by atoms with Crippen LogP contribution in [-0.4, -0.2) is 32.1 Å². The predicted molar refractivity (Wildman–Crippen MR) is 123 cm³/mol. The topological polar surface area (TPSA) is 92.7 Å². The monoisotopic (exact) mass is 453 g/mol. The van der Waals surface area contributed by atoms with Crippen LogP contribution in [0.4, 0.5) is 0 Å². The van der Waals surface area contributed by atoms with Crippen LogP contribution in [-0.2, 0) is 27.7 Å². The molecule has 0 spiro atoms. The second-order valence-electron chi connectivity index (χ2n) is 7.57. The number of nitrogens with one attached hydrogen (secondary N) is 1. The van der Waals surface area contributed by atoms with Gasteiger partial charge in [-0.3, -0.25) is 4.79 Å². The second kappa shape index (κ2) is 10.4. The van der Waals surface area contributed by atoms with Gasteiger partial charge in [0, 0.05) is 6.42 Å². The average Bonchev–Trinajstić information content (AvgIpc) is 2.76. The number of carboxylic acids is 1. The van der Waals surface area contributed by atoms with E-state index in [9.17, 15) is 18.3 Å². The Morgan fingerprint density at radius 2 is 1.69 bits per heavy atom. The van der Waals surface area contributed by atoms with E-state index in [2.05, 4.69) is 4.72 Å². The van der Waals surface area contributed by atoms with Crippen molar-refractivity contribution in [2.45, 2.75) is 37.6 Å². The minimum absolute atomic E-state index is 0.0255. The van der Waals surface area contributed by atoms with E-state index in [0.717, 1.165) is 16.7 Å². The minimum Gasteiger partial charge on any atom is -0.494 e. The fraction of sp³-hybridized carbons (Fsp3) is 0.240. The van der Waals surface area contributed by atoms with E-state index in [1.165, 1.54) is 12.1 Å². The Morgan fingerprint density at radius 3 is 2.31 bits per heavy atom. The summed E-state index contributed by atoms with van der Waals surface area (Å²) in [5.41, 5.74) is 3.71. The van der Waals surface area contributed by atoms with Gasteiger partial charge in [0.25, 0.3) is 0 Å². The molecule has 0 unspecified atom stereocenters. The molecule has 7 heteroatoms. The summed E-state index contributed by atoms with van der Waals surface area (Å²) in [6.07, 6.45) is 0.672. The smallest absolute Gasteiger partial charge is 0.322 e. The number of rotatable bonds is 10. The zero-order chi connectivity index (χ0) is 23.1. The van der Waals surface area contributed by atoms with Gasteiger partial charge in [-0.25, -0.2) is 8.42 Å². The number of carboxylic acid groups (broad SMARTS) is 1. The molecule has 2 N–H and O–H groups in total. The number of aryl methyl sites for hydroxylation is 1. The lowest BCUT2D eigenvalue weighted by Gasteiger charge is -2.18. The molecule has 168 valence electrons. The van der Waals surface area contributed by atoms with Crippen molar-refractivity contribution in [3.8, 4) is 5.75 Å². The summed E-state index contributed by atoms with van der Waals surface area (Å²) in [5.74, 6) is -0.696. The summed E-state index contributed by atoms with van der Waals surface area (Å²) in [7, 11) is -3.99. The molecule has 0 saturated heterocycles. The summed E-state index contributed by atoms with van der Waals surface area (Å²) >= 11 is 0. The lowest BCUT2D eigenvalue weighted by atomic mass is 9.99. The molecule has 3 rings (SSSR count). The Hall–Kier alpha value is -3.16. The zero-order valence-corrected chi connectivity index (χ0v) is 18.9. The molecule has 0 aliphatic heterocycles. The SMILES string of the molecule is CCOc1cc(Cc2ccccc2)ccc1C[C@H](NS(=O)(=O)c1ccc(C)cc1)C(=O)O. The molecule has 32 heavy (non-hydrogen) atoms. The highest BCUT2D eigenvalue weighted by atomic mass is 32.2. The molecule has 3 aromatic carbocycles. The molecule has 0 aliphatic rings. The third-order valence-corrected chi connectivity index (χ3v) is 6.52. The van der Waals surface area contributed by atoms with Crippen molar-refractivity contribution in [3.05, 3.63) is 95.1 Å². The first-order valence-corrected chi connectivity index (χ1v) is 11.9. The Morgan fingerprint density at radius 1 is 1.00 bits per heavy atom. The zero-order valence-electron chi connectivity index (χ0n) is 18.1. The quantitative estimate of drug-likeness (QED) is 0.485. The van der Waals surface area contributed by atoms with Gasteiger partial charge in [-0.1, -0.05) is 60.2 Å². The van der Waals surface area contributed by atoms with Crippen LogP contribution in [0.2, 0.25) is 0 Å². The Balaban J connectivity index is 1.83. The largest absolute Gasteiger partial charge is 0.494 e. The third kappa shape index (κ3) is 6.18. The number of benzene rings is 3. The van der Waals surface area contributed by atoms with E-state index in [4.69, 9.17) is 4.74 Å². The Labute approximate surface area is 188 Å². The van der Waals surface area contributed by atoms with E-state index in [1.54, 1.807) is 18.2 Å². The van der Waals surface area contributed by atoms with Crippen LogP contribution in [0.3, 0.4) is 0 Å². The fourth-order valence-electron chi connectivity index (χ4n) is 3.37. The highest BCUT2D eigenvalue weighted by molar-refractivity contribution is 7.89. The molecule has 0 amide bonds. The number of hydrogen-bond donors (Lipinski definition) is 2. The number of sulfonamides is 1. The van der Waals surface area contributed by atoms with Gasteiger partial charge in [-0.05, 0) is 55.2 Å². The summed E-state index contributed by atoms with van der Waals surface area (Å²) in [6.45, 7) is 4.11. The van der Waals surface area contributed by atoms with Crippen LogP contribution in [0.1, 0.15) is 29.2 Å². The Bertz CT molecular complexity index is 1160. The first-order valence-electron chi connectivity index (χ1n) is 10.4. The van der Waals surface area contributed by atoms with E-state index in [1.807, 2.05) is 56.3 Å². The summed E-state index contributed by atoms with van der Waals surface area (Å²) < 4.78 is 33.5. The molecular formula is C25H27NO5S. The van der Waals surface area contributed by atoms with Crippen LogP contribution in [0.5, 0.6) is 5.75 Å². The average molecular weight is 454 g/mol. The molecular weight excluding hydrogens is 426 g/mol. The van der Waals surface area contributed by atoms with Crippen LogP contribution in [0.25, 0.3) is 0 Å². The molecule has 0 bridgehead atoms. The van der Waals surface area contributed by atoms with Gasteiger partial charge in [0.15, 0.2) is 0 Å². The molecule has 6 nitrogen and oxygen atoms in total. The highest BCUT2D eigenvalue weighted by Crippen LogP contribution is 2.24. The van der Waals surface area contributed by atoms with Gasteiger partial charge in [-0.15, -0.1) is 0 Å². The van der Waals surface area contributed by atoms with Crippen molar-refractivity contribution >= 4 is 16.0 Å². The third-order valence-electron chi connectivity index (χ3n) is 5.03. The van der Waals surface area contributed by atoms with Gasteiger partial charge in [0.1, 0.15) is 11.8 Å². The normalized spacial score (nSPS) is 12.3. The molecule has 0 radical (unpaired) electrons. The van der Waals surface area contributed by atoms with Gasteiger partial charge in [-0.2, -0.15) is 4.72 Å². The van der Waals surface area contributed by atoms with Gasteiger partial charge in [0.2, 0.25) is 10.0 Å². The van der Waals surface area contributed by atoms with E-state index in [0.29, 0.717) is 24.3 Å². The van der Waals surface area contributed by atoms with Crippen molar-refractivity contribution in [2.75, 3.05) is 6.61 Å². The summed E-state index contributed by atoms with van der Waals surface area (Å²) in [4.78, 5) is 11.9. The molecule has 0 saturated carbocycles. The number of aliphatic carboxylic acids is 1. The van der Waals surface area contributed by atoms with Gasteiger partial charge < -0.3 is 9.84 Å². The van der Waals surface area contributed by atoms with Crippen LogP contribution in [0, 0.1) is 6.92 Å². The predicted octanol–water partition coefficient (Wildman–Crippen LogP) is 3.96. The number of carbonyl (C=O) groups is 1. The first-order chi connectivity index (χ1) is 15.3. The lowest BCUT2D eigenvalue weighted by Crippen LogP contribution is -2.42. The van der Waals surface area contributed by atoms with E-state index < -0.39 is 22.0 Å². The molecule has 1 atom stereocenters. The summed E-state index contributed by atoms with van der Waals surface area (Å²) in [6, 6.07) is 20.5. The van der Waals surface area contributed by atoms with Crippen LogP contribution >= 0.6 is 0 Å². The van der Waals surface area contributed by atoms with Crippen LogP contribution < -0.4 is 9.46 Å². The van der Waals surface area contributed by atoms with E-state index in [-0.39, 0.29) is 11.3 Å². The maximum atomic E-state index is 12.7. The number of hydrogen-bond acceptors (Lipinski definition) is 4. The van der Waals surface area contributed by atoms with Crippen molar-refractivity contribution in [1.29, 1.82) is 0 Å². The Kier molecular flexibility index (Phi) is 7.66. The first kappa shape index (κ1) is 23.5. The molecule has 0 aliphatic carbocycles. The van der Waals surface area contributed by atoms with Crippen molar-refractivity contribution in [3.63, 3.8) is 0 Å². The minimum atomic E-state index is -3.99. The second-order valence-corrected chi connectivity index (χ2v) is 9.28. The highest BCUT2D eigenvalue weighted by Gasteiger charge is 2.27. The standard InChI is InChI=1S/C25H27NO5S/c1-3-31-24-16-20(15-19-7-5-4-6-8-19)11-12-21(24)17-23(25(27)28)26-32(29,30)22-13-9-18(2)10-14-22/h4-14,16,23,26H,3,15,17H2,1-2H3,(H,27,28)/t23-/m0/s1. The maximum Gasteiger partial charge on any atom is 0.322 e. The van der Waals surface area contributed by atoms with Crippen molar-refractivity contribution in [1.82, 2.24) is 4.72 Å².